The fourth-order valence-corrected chi connectivity index (χ4v) is 4.02. The SMILES string of the molecule is CC[P+](C)(CC)CC.CC[P+](C)(CC)CC.[O-]B([O-])O. The monoisotopic (exact) mass is 326 g/mol. The highest BCUT2D eigenvalue weighted by Gasteiger charge is 2.23. The van der Waals surface area contributed by atoms with Crippen LogP contribution in [0.1, 0.15) is 41.5 Å². The lowest BCUT2D eigenvalue weighted by atomic mass is 10.3. The molecule has 0 aromatic heterocycles. The fourth-order valence-electron chi connectivity index (χ4n) is 1.34. The van der Waals surface area contributed by atoms with Gasteiger partial charge in [0.1, 0.15) is 0 Å². The minimum absolute atomic E-state index is 0.412. The molecule has 0 spiro atoms. The summed E-state index contributed by atoms with van der Waals surface area (Å²) in [6.45, 7) is 18.9. The maximum absolute atomic E-state index is 8.53. The number of hydrogen-bond donors (Lipinski definition) is 1. The normalized spacial score (nSPS) is 10.9. The second kappa shape index (κ2) is 14.7. The van der Waals surface area contributed by atoms with Crippen molar-refractivity contribution in [2.45, 2.75) is 41.5 Å². The maximum Gasteiger partial charge on any atom is 0.0563 e. The van der Waals surface area contributed by atoms with Crippen LogP contribution in [-0.4, -0.2) is 62.6 Å². The molecule has 0 heterocycles. The molecule has 6 heteroatoms. The van der Waals surface area contributed by atoms with E-state index >= 15 is 0 Å². The van der Waals surface area contributed by atoms with Crippen LogP contribution in [0.15, 0.2) is 0 Å². The van der Waals surface area contributed by atoms with Crippen molar-refractivity contribution >= 4 is 21.8 Å². The van der Waals surface area contributed by atoms with Gasteiger partial charge in [-0.05, 0) is 41.5 Å². The lowest BCUT2D eigenvalue weighted by Gasteiger charge is -2.16. The molecular formula is C14H37BO3P2. The van der Waals surface area contributed by atoms with Crippen LogP contribution in [0.4, 0.5) is 0 Å². The Balaban J connectivity index is -0.000000230. The molecule has 0 fully saturated rings. The molecule has 0 aromatic rings. The van der Waals surface area contributed by atoms with Crippen molar-refractivity contribution in [1.82, 2.24) is 0 Å². The summed E-state index contributed by atoms with van der Waals surface area (Å²) in [6, 6.07) is 0. The van der Waals surface area contributed by atoms with E-state index in [9.17, 15) is 0 Å². The van der Waals surface area contributed by atoms with Crippen LogP contribution in [0.3, 0.4) is 0 Å². The summed E-state index contributed by atoms with van der Waals surface area (Å²) in [5.74, 6) is 0. The Kier molecular flexibility index (Phi) is 19.0. The summed E-state index contributed by atoms with van der Waals surface area (Å²) in [7, 11) is -3.49. The van der Waals surface area contributed by atoms with Gasteiger partial charge in [-0.1, -0.05) is 0 Å². The molecule has 0 atom stereocenters. The van der Waals surface area contributed by atoms with Crippen LogP contribution in [0.5, 0.6) is 0 Å². The van der Waals surface area contributed by atoms with Gasteiger partial charge in [0.15, 0.2) is 0 Å². The summed E-state index contributed by atoms with van der Waals surface area (Å²) in [5, 5.41) is 24.0. The Morgan fingerprint density at radius 1 is 0.650 bits per heavy atom. The minimum Gasteiger partial charge on any atom is -0.871 e. The first-order chi connectivity index (χ1) is 9.10. The molecule has 0 aliphatic rings. The number of hydrogen-bond acceptors (Lipinski definition) is 3. The third kappa shape index (κ3) is 16.9. The topological polar surface area (TPSA) is 66.3 Å². The summed E-state index contributed by atoms with van der Waals surface area (Å²) >= 11 is 0. The molecule has 0 unspecified atom stereocenters. The van der Waals surface area contributed by atoms with Gasteiger partial charge in [-0.15, -0.1) is 0 Å². The zero-order chi connectivity index (χ0) is 16.8. The van der Waals surface area contributed by atoms with Gasteiger partial charge in [-0.3, -0.25) is 0 Å². The Bertz CT molecular complexity index is 160. The third-order valence-corrected chi connectivity index (χ3v) is 13.7. The van der Waals surface area contributed by atoms with Crippen molar-refractivity contribution in [1.29, 1.82) is 0 Å². The van der Waals surface area contributed by atoms with Gasteiger partial charge in [-0.25, -0.2) is 0 Å². The first-order valence-corrected chi connectivity index (χ1v) is 13.3. The zero-order valence-corrected chi connectivity index (χ0v) is 16.8. The van der Waals surface area contributed by atoms with E-state index in [0.29, 0.717) is 0 Å². The van der Waals surface area contributed by atoms with Gasteiger partial charge < -0.3 is 15.1 Å². The average Bonchev–Trinajstić information content (AvgIpc) is 2.45. The van der Waals surface area contributed by atoms with Gasteiger partial charge in [0, 0.05) is 27.9 Å². The quantitative estimate of drug-likeness (QED) is 0.600. The maximum atomic E-state index is 8.53. The minimum atomic E-state index is -2.67. The highest BCUT2D eigenvalue weighted by molar-refractivity contribution is 7.75. The molecule has 0 amide bonds. The van der Waals surface area contributed by atoms with Crippen molar-refractivity contribution in [3.8, 4) is 0 Å². The standard InChI is InChI=1S/2C7H18P.BHO3/c2*1-5-8(4,6-2)7-3;2-1(3)4/h2*5-7H2,1-4H3;2H/q2*+1;-2. The predicted octanol–water partition coefficient (Wildman–Crippen LogP) is 2.07. The Labute approximate surface area is 129 Å². The molecule has 0 radical (unpaired) electrons. The van der Waals surface area contributed by atoms with Crippen LogP contribution in [0, 0.1) is 0 Å². The molecule has 1 N–H and O–H groups in total. The molecule has 0 bridgehead atoms. The molecule has 20 heavy (non-hydrogen) atoms. The molecule has 0 aliphatic carbocycles. The van der Waals surface area contributed by atoms with Crippen molar-refractivity contribution in [3.05, 3.63) is 0 Å². The van der Waals surface area contributed by atoms with E-state index in [-0.39, 0.29) is 0 Å². The second-order valence-corrected chi connectivity index (χ2v) is 15.7. The average molecular weight is 326 g/mol. The molecular weight excluding hydrogens is 289 g/mol. The van der Waals surface area contributed by atoms with E-state index < -0.39 is 21.8 Å². The Hall–Kier alpha value is 0.805. The first-order valence-electron chi connectivity index (χ1n) is 7.76. The van der Waals surface area contributed by atoms with Crippen LogP contribution in [0.25, 0.3) is 0 Å². The Morgan fingerprint density at radius 2 is 0.750 bits per heavy atom. The summed E-state index contributed by atoms with van der Waals surface area (Å²) in [4.78, 5) is 0. The summed E-state index contributed by atoms with van der Waals surface area (Å²) < 4.78 is 0. The van der Waals surface area contributed by atoms with Crippen molar-refractivity contribution in [2.24, 2.45) is 0 Å². The zero-order valence-electron chi connectivity index (χ0n) is 15.0. The molecule has 0 aliphatic heterocycles. The van der Waals surface area contributed by atoms with E-state index in [4.69, 9.17) is 15.1 Å². The van der Waals surface area contributed by atoms with Crippen LogP contribution < -0.4 is 10.0 Å². The fraction of sp³-hybridized carbons (Fsp3) is 1.00. The molecule has 0 saturated carbocycles. The van der Waals surface area contributed by atoms with E-state index in [1.165, 1.54) is 37.0 Å². The highest BCUT2D eigenvalue weighted by atomic mass is 31.2. The smallest absolute Gasteiger partial charge is 0.0563 e. The van der Waals surface area contributed by atoms with E-state index in [2.05, 4.69) is 54.9 Å². The molecule has 0 rings (SSSR count). The summed E-state index contributed by atoms with van der Waals surface area (Å²) in [5.41, 5.74) is 0. The molecule has 124 valence electrons. The third-order valence-electron chi connectivity index (χ3n) is 4.58. The lowest BCUT2D eigenvalue weighted by molar-refractivity contribution is -0.376. The lowest BCUT2D eigenvalue weighted by Crippen LogP contribution is -2.44. The van der Waals surface area contributed by atoms with Crippen molar-refractivity contribution in [3.63, 3.8) is 0 Å². The van der Waals surface area contributed by atoms with Crippen molar-refractivity contribution < 1.29 is 15.1 Å². The second-order valence-electron chi connectivity index (χ2n) is 5.44. The van der Waals surface area contributed by atoms with Gasteiger partial charge >= 0.3 is 0 Å². The first kappa shape index (κ1) is 25.7. The van der Waals surface area contributed by atoms with Crippen LogP contribution >= 0.6 is 14.5 Å². The van der Waals surface area contributed by atoms with Crippen LogP contribution in [-0.2, 0) is 0 Å². The Morgan fingerprint density at radius 3 is 0.750 bits per heavy atom. The van der Waals surface area contributed by atoms with Gasteiger partial charge in [0.25, 0.3) is 0 Å². The van der Waals surface area contributed by atoms with Crippen molar-refractivity contribution in [2.75, 3.05) is 50.3 Å². The largest absolute Gasteiger partial charge is 0.871 e. The molecule has 0 saturated heterocycles. The van der Waals surface area contributed by atoms with E-state index in [1.807, 2.05) is 0 Å². The summed E-state index contributed by atoms with van der Waals surface area (Å²) in [6.07, 6.45) is 8.58. The van der Waals surface area contributed by atoms with Gasteiger partial charge in [0.05, 0.1) is 44.3 Å². The van der Waals surface area contributed by atoms with Crippen LogP contribution in [0.2, 0.25) is 0 Å². The van der Waals surface area contributed by atoms with E-state index in [1.54, 1.807) is 0 Å². The number of rotatable bonds is 6. The highest BCUT2D eigenvalue weighted by Crippen LogP contribution is 2.53. The molecule has 3 nitrogen and oxygen atoms in total. The molecule has 0 aromatic carbocycles. The van der Waals surface area contributed by atoms with E-state index in [0.717, 1.165) is 0 Å². The predicted molar refractivity (Wildman–Crippen MR) is 96.9 cm³/mol. The van der Waals surface area contributed by atoms with Gasteiger partial charge in [0.2, 0.25) is 0 Å². The van der Waals surface area contributed by atoms with Gasteiger partial charge in [-0.2, -0.15) is 0 Å².